The van der Waals surface area contributed by atoms with E-state index in [4.69, 9.17) is 10.5 Å². The lowest BCUT2D eigenvalue weighted by molar-refractivity contribution is 0.423. The van der Waals surface area contributed by atoms with Gasteiger partial charge in [-0.1, -0.05) is 0 Å². The Morgan fingerprint density at radius 2 is 2.00 bits per heavy atom. The zero-order valence-electron chi connectivity index (χ0n) is 8.86. The Bertz CT molecular complexity index is 532. The summed E-state index contributed by atoms with van der Waals surface area (Å²) in [5, 5.41) is 0. The Kier molecular flexibility index (Phi) is 3.30. The zero-order chi connectivity index (χ0) is 12.3. The predicted octanol–water partition coefficient (Wildman–Crippen LogP) is 2.61. The molecule has 0 aliphatic carbocycles. The van der Waals surface area contributed by atoms with Gasteiger partial charge in [0.1, 0.15) is 5.82 Å². The minimum atomic E-state index is -0.773. The smallest absolute Gasteiger partial charge is 0.219 e. The molecule has 2 aromatic rings. The van der Waals surface area contributed by atoms with E-state index in [0.29, 0.717) is 6.54 Å². The number of nitrogens with zero attached hydrogens (tertiary/aromatic N) is 1. The van der Waals surface area contributed by atoms with Gasteiger partial charge < -0.3 is 10.5 Å². The van der Waals surface area contributed by atoms with Gasteiger partial charge in [0.2, 0.25) is 5.88 Å². The highest BCUT2D eigenvalue weighted by Gasteiger charge is 2.07. The first-order valence-corrected chi connectivity index (χ1v) is 4.97. The van der Waals surface area contributed by atoms with Crippen LogP contribution in [0.1, 0.15) is 5.56 Å². The molecule has 0 aliphatic heterocycles. The Labute approximate surface area is 96.9 Å². The maximum Gasteiger partial charge on any atom is 0.219 e. The summed E-state index contributed by atoms with van der Waals surface area (Å²) in [4.78, 5) is 3.91. The number of benzene rings is 1. The van der Waals surface area contributed by atoms with Crippen LogP contribution >= 0.6 is 0 Å². The van der Waals surface area contributed by atoms with Crippen LogP contribution < -0.4 is 10.5 Å². The second-order valence-corrected chi connectivity index (χ2v) is 3.38. The zero-order valence-corrected chi connectivity index (χ0v) is 8.86. The fourth-order valence-corrected chi connectivity index (χ4v) is 1.30. The molecule has 5 heteroatoms. The molecular formula is C12H10F2N2O. The van der Waals surface area contributed by atoms with Crippen molar-refractivity contribution in [2.45, 2.75) is 6.54 Å². The fourth-order valence-electron chi connectivity index (χ4n) is 1.30. The summed E-state index contributed by atoms with van der Waals surface area (Å²) in [5.41, 5.74) is 6.27. The average molecular weight is 236 g/mol. The van der Waals surface area contributed by atoms with Gasteiger partial charge >= 0.3 is 0 Å². The summed E-state index contributed by atoms with van der Waals surface area (Å²) < 4.78 is 31.2. The van der Waals surface area contributed by atoms with Gasteiger partial charge in [0, 0.05) is 24.9 Å². The van der Waals surface area contributed by atoms with E-state index in [2.05, 4.69) is 4.98 Å². The van der Waals surface area contributed by atoms with Crippen molar-refractivity contribution < 1.29 is 13.5 Å². The van der Waals surface area contributed by atoms with Crippen LogP contribution in [0.5, 0.6) is 11.6 Å². The number of hydrogen-bond donors (Lipinski definition) is 1. The third kappa shape index (κ3) is 2.76. The third-order valence-corrected chi connectivity index (χ3v) is 2.14. The standard InChI is InChI=1S/C12H10F2N2O/c13-9-1-2-11(10(14)6-9)17-12-5-8(7-15)3-4-16-12/h1-6H,7,15H2. The van der Waals surface area contributed by atoms with Crippen molar-refractivity contribution in [1.82, 2.24) is 4.98 Å². The lowest BCUT2D eigenvalue weighted by atomic mass is 10.3. The first-order chi connectivity index (χ1) is 8.19. The van der Waals surface area contributed by atoms with E-state index in [1.54, 1.807) is 12.1 Å². The topological polar surface area (TPSA) is 48.1 Å². The van der Waals surface area contributed by atoms with Crippen molar-refractivity contribution in [3.63, 3.8) is 0 Å². The number of hydrogen-bond acceptors (Lipinski definition) is 3. The monoisotopic (exact) mass is 236 g/mol. The highest BCUT2D eigenvalue weighted by molar-refractivity contribution is 5.30. The molecule has 17 heavy (non-hydrogen) atoms. The van der Waals surface area contributed by atoms with Gasteiger partial charge in [-0.2, -0.15) is 0 Å². The largest absolute Gasteiger partial charge is 0.436 e. The van der Waals surface area contributed by atoms with Crippen molar-refractivity contribution in [1.29, 1.82) is 0 Å². The molecule has 0 radical (unpaired) electrons. The van der Waals surface area contributed by atoms with Gasteiger partial charge in [0.05, 0.1) is 0 Å². The van der Waals surface area contributed by atoms with Gasteiger partial charge in [0.15, 0.2) is 11.6 Å². The number of ether oxygens (including phenoxy) is 1. The highest BCUT2D eigenvalue weighted by Crippen LogP contribution is 2.23. The molecule has 0 saturated heterocycles. The van der Waals surface area contributed by atoms with Crippen LogP contribution in [0.2, 0.25) is 0 Å². The van der Waals surface area contributed by atoms with E-state index < -0.39 is 11.6 Å². The minimum Gasteiger partial charge on any atom is -0.436 e. The molecule has 0 atom stereocenters. The van der Waals surface area contributed by atoms with Gasteiger partial charge in [-0.3, -0.25) is 0 Å². The molecular weight excluding hydrogens is 226 g/mol. The van der Waals surface area contributed by atoms with E-state index in [-0.39, 0.29) is 11.6 Å². The Hall–Kier alpha value is -2.01. The van der Waals surface area contributed by atoms with Gasteiger partial charge in [-0.25, -0.2) is 13.8 Å². The molecule has 1 aromatic heterocycles. The number of halogens is 2. The summed E-state index contributed by atoms with van der Waals surface area (Å²) >= 11 is 0. The average Bonchev–Trinajstić information content (AvgIpc) is 2.33. The number of aromatic nitrogens is 1. The van der Waals surface area contributed by atoms with Crippen LogP contribution in [0.3, 0.4) is 0 Å². The Balaban J connectivity index is 2.25. The van der Waals surface area contributed by atoms with Crippen molar-refractivity contribution >= 4 is 0 Å². The summed E-state index contributed by atoms with van der Waals surface area (Å²) in [6.45, 7) is 0.338. The molecule has 0 bridgehead atoms. The van der Waals surface area contributed by atoms with E-state index in [9.17, 15) is 8.78 Å². The molecule has 88 valence electrons. The normalized spacial score (nSPS) is 10.3. The SMILES string of the molecule is NCc1ccnc(Oc2ccc(F)cc2F)c1. The summed E-state index contributed by atoms with van der Waals surface area (Å²) in [6.07, 6.45) is 1.51. The first-order valence-electron chi connectivity index (χ1n) is 4.97. The van der Waals surface area contributed by atoms with E-state index in [0.717, 1.165) is 17.7 Å². The van der Waals surface area contributed by atoms with Crippen molar-refractivity contribution in [3.8, 4) is 11.6 Å². The summed E-state index contributed by atoms with van der Waals surface area (Å²) in [6, 6.07) is 6.41. The number of nitrogens with two attached hydrogens (primary N) is 1. The van der Waals surface area contributed by atoms with Crippen LogP contribution in [0.4, 0.5) is 8.78 Å². The second-order valence-electron chi connectivity index (χ2n) is 3.38. The molecule has 0 spiro atoms. The molecule has 0 amide bonds. The molecule has 2 rings (SSSR count). The molecule has 1 heterocycles. The van der Waals surface area contributed by atoms with Crippen LogP contribution in [0, 0.1) is 11.6 Å². The molecule has 0 fully saturated rings. The number of rotatable bonds is 3. The Morgan fingerprint density at radius 3 is 2.71 bits per heavy atom. The quantitative estimate of drug-likeness (QED) is 0.891. The maximum atomic E-state index is 13.3. The molecule has 0 aliphatic rings. The fraction of sp³-hybridized carbons (Fsp3) is 0.0833. The number of pyridine rings is 1. The van der Waals surface area contributed by atoms with Crippen LogP contribution in [0.15, 0.2) is 36.5 Å². The van der Waals surface area contributed by atoms with Crippen molar-refractivity contribution in [2.24, 2.45) is 5.73 Å². The second kappa shape index (κ2) is 4.88. The van der Waals surface area contributed by atoms with Crippen molar-refractivity contribution in [3.05, 3.63) is 53.7 Å². The molecule has 1 aromatic carbocycles. The maximum absolute atomic E-state index is 13.3. The van der Waals surface area contributed by atoms with Gasteiger partial charge in [-0.15, -0.1) is 0 Å². The third-order valence-electron chi connectivity index (χ3n) is 2.14. The lowest BCUT2D eigenvalue weighted by Crippen LogP contribution is -1.98. The van der Waals surface area contributed by atoms with Crippen LogP contribution in [-0.2, 0) is 6.54 Å². The van der Waals surface area contributed by atoms with Gasteiger partial charge in [-0.05, 0) is 23.8 Å². The van der Waals surface area contributed by atoms with Crippen LogP contribution in [-0.4, -0.2) is 4.98 Å². The molecule has 0 unspecified atom stereocenters. The minimum absolute atomic E-state index is 0.0759. The highest BCUT2D eigenvalue weighted by atomic mass is 19.1. The summed E-state index contributed by atoms with van der Waals surface area (Å²) in [5.74, 6) is -1.28. The van der Waals surface area contributed by atoms with Crippen LogP contribution in [0.25, 0.3) is 0 Å². The lowest BCUT2D eigenvalue weighted by Gasteiger charge is -2.06. The van der Waals surface area contributed by atoms with Gasteiger partial charge in [0.25, 0.3) is 0 Å². The summed E-state index contributed by atoms with van der Waals surface area (Å²) in [7, 11) is 0. The van der Waals surface area contributed by atoms with Crippen molar-refractivity contribution in [2.75, 3.05) is 0 Å². The first kappa shape index (κ1) is 11.5. The predicted molar refractivity (Wildman–Crippen MR) is 58.6 cm³/mol. The van der Waals surface area contributed by atoms with E-state index in [1.165, 1.54) is 12.3 Å². The molecule has 3 nitrogen and oxygen atoms in total. The van der Waals surface area contributed by atoms with E-state index >= 15 is 0 Å². The Morgan fingerprint density at radius 1 is 1.18 bits per heavy atom. The molecule has 0 saturated carbocycles. The molecule has 2 N–H and O–H groups in total. The van der Waals surface area contributed by atoms with E-state index in [1.807, 2.05) is 0 Å².